The molecule has 0 N–H and O–H groups in total. The summed E-state index contributed by atoms with van der Waals surface area (Å²) in [6.45, 7) is 7.10. The van der Waals surface area contributed by atoms with E-state index < -0.39 is 29.7 Å². The molecule has 0 spiro atoms. The van der Waals surface area contributed by atoms with E-state index in [-0.39, 0.29) is 17.8 Å². The van der Waals surface area contributed by atoms with Gasteiger partial charge in [0.05, 0.1) is 5.92 Å². The molecule has 22 heavy (non-hydrogen) atoms. The molecule has 3 rings (SSSR count). The van der Waals surface area contributed by atoms with Crippen molar-refractivity contribution in [3.05, 3.63) is 12.2 Å². The second-order valence-electron chi connectivity index (χ2n) is 6.43. The van der Waals surface area contributed by atoms with Gasteiger partial charge in [-0.25, -0.2) is 9.59 Å². The summed E-state index contributed by atoms with van der Waals surface area (Å²) in [5.41, 5.74) is -0.595. The van der Waals surface area contributed by atoms with Crippen molar-refractivity contribution in [3.63, 3.8) is 0 Å². The van der Waals surface area contributed by atoms with Crippen LogP contribution in [-0.2, 0) is 28.6 Å². The van der Waals surface area contributed by atoms with Crippen molar-refractivity contribution in [3.8, 4) is 0 Å². The fourth-order valence-corrected chi connectivity index (χ4v) is 3.90. The molecule has 2 aliphatic heterocycles. The van der Waals surface area contributed by atoms with Crippen LogP contribution in [0.2, 0.25) is 0 Å². The number of hydrogen-bond acceptors (Lipinski definition) is 6. The van der Waals surface area contributed by atoms with Gasteiger partial charge in [0.15, 0.2) is 11.7 Å². The third-order valence-corrected chi connectivity index (χ3v) is 5.10. The number of esters is 3. The first-order chi connectivity index (χ1) is 10.4. The van der Waals surface area contributed by atoms with Gasteiger partial charge < -0.3 is 14.2 Å². The monoisotopic (exact) mass is 308 g/mol. The largest absolute Gasteiger partial charge is 0.455 e. The van der Waals surface area contributed by atoms with E-state index in [9.17, 15) is 14.4 Å². The second kappa shape index (κ2) is 5.11. The fourth-order valence-electron chi connectivity index (χ4n) is 3.90. The highest BCUT2D eigenvalue weighted by Crippen LogP contribution is 2.50. The summed E-state index contributed by atoms with van der Waals surface area (Å²) < 4.78 is 16.5. The molecule has 3 aliphatic rings. The van der Waals surface area contributed by atoms with Gasteiger partial charge in [0, 0.05) is 24.3 Å². The van der Waals surface area contributed by atoms with E-state index in [0.717, 1.165) is 0 Å². The summed E-state index contributed by atoms with van der Waals surface area (Å²) in [7, 11) is 0. The highest BCUT2D eigenvalue weighted by molar-refractivity contribution is 5.88. The average Bonchev–Trinajstić information content (AvgIpc) is 2.62. The second-order valence-corrected chi connectivity index (χ2v) is 6.43. The number of ether oxygens (including phenoxy) is 3. The smallest absolute Gasteiger partial charge is 0.347 e. The molecule has 0 aromatic carbocycles. The molecule has 1 aliphatic carbocycles. The van der Waals surface area contributed by atoms with Gasteiger partial charge in [0.1, 0.15) is 6.10 Å². The summed E-state index contributed by atoms with van der Waals surface area (Å²) in [5.74, 6) is -1.80. The van der Waals surface area contributed by atoms with Gasteiger partial charge in [-0.15, -0.1) is 0 Å². The van der Waals surface area contributed by atoms with Gasteiger partial charge in [0.25, 0.3) is 0 Å². The van der Waals surface area contributed by atoms with Crippen LogP contribution < -0.4 is 0 Å². The van der Waals surface area contributed by atoms with Gasteiger partial charge in [-0.1, -0.05) is 13.5 Å². The Kier molecular flexibility index (Phi) is 3.50. The summed E-state index contributed by atoms with van der Waals surface area (Å²) in [5, 5.41) is 0. The standard InChI is InChI=1S/C16H20O6/c1-4-16(22-13(17)8(2)3)10-5-9-6-12(16)21-15(19)11(7-10)20-14(9)18/h9-12H,2,4-7H2,1,3H3. The van der Waals surface area contributed by atoms with Crippen LogP contribution in [0.25, 0.3) is 0 Å². The van der Waals surface area contributed by atoms with Crippen LogP contribution in [0.4, 0.5) is 0 Å². The highest BCUT2D eigenvalue weighted by Gasteiger charge is 2.61. The quantitative estimate of drug-likeness (QED) is 0.447. The third-order valence-electron chi connectivity index (χ3n) is 5.10. The number of carbonyl (C=O) groups is 3. The predicted molar refractivity (Wildman–Crippen MR) is 74.5 cm³/mol. The minimum absolute atomic E-state index is 0.132. The van der Waals surface area contributed by atoms with Crippen LogP contribution in [0.3, 0.4) is 0 Å². The average molecular weight is 308 g/mol. The van der Waals surface area contributed by atoms with Gasteiger partial charge in [-0.2, -0.15) is 0 Å². The Morgan fingerprint density at radius 1 is 1.27 bits per heavy atom. The lowest BCUT2D eigenvalue weighted by molar-refractivity contribution is -0.208. The van der Waals surface area contributed by atoms with Gasteiger partial charge >= 0.3 is 17.9 Å². The van der Waals surface area contributed by atoms with Crippen molar-refractivity contribution in [1.82, 2.24) is 0 Å². The number of fused-ring (bicyclic) bond motifs is 3. The minimum Gasteiger partial charge on any atom is -0.455 e. The van der Waals surface area contributed by atoms with Crippen LogP contribution in [-0.4, -0.2) is 35.7 Å². The van der Waals surface area contributed by atoms with E-state index in [1.54, 1.807) is 6.92 Å². The lowest BCUT2D eigenvalue weighted by Gasteiger charge is -2.47. The molecule has 3 fully saturated rings. The van der Waals surface area contributed by atoms with Crippen LogP contribution in [0.5, 0.6) is 0 Å². The zero-order chi connectivity index (χ0) is 16.1. The summed E-state index contributed by atoms with van der Waals surface area (Å²) >= 11 is 0. The number of hydrogen-bond donors (Lipinski definition) is 0. The molecule has 1 saturated carbocycles. The molecule has 120 valence electrons. The van der Waals surface area contributed by atoms with E-state index in [1.165, 1.54) is 0 Å². The van der Waals surface area contributed by atoms with Crippen LogP contribution in [0.1, 0.15) is 39.5 Å². The lowest BCUT2D eigenvalue weighted by Crippen LogP contribution is -2.57. The van der Waals surface area contributed by atoms with Crippen molar-refractivity contribution in [2.24, 2.45) is 11.8 Å². The van der Waals surface area contributed by atoms with Crippen molar-refractivity contribution in [1.29, 1.82) is 0 Å². The molecular formula is C16H20O6. The molecule has 6 heteroatoms. The Bertz CT molecular complexity index is 553. The highest BCUT2D eigenvalue weighted by atomic mass is 16.6. The Labute approximate surface area is 128 Å². The molecule has 5 atom stereocenters. The molecule has 2 saturated heterocycles. The SMILES string of the molecule is C=C(C)C(=O)OC1(CC)C2CC3CC1OC(=O)C(C2)OC3=O. The van der Waals surface area contributed by atoms with Crippen molar-refractivity contribution in [2.75, 3.05) is 0 Å². The Hall–Kier alpha value is -1.85. The van der Waals surface area contributed by atoms with Crippen molar-refractivity contribution < 1.29 is 28.6 Å². The molecule has 0 aromatic rings. The molecule has 0 amide bonds. The maximum Gasteiger partial charge on any atom is 0.347 e. The van der Waals surface area contributed by atoms with Gasteiger partial charge in [-0.05, 0) is 19.8 Å². The number of carbonyl (C=O) groups excluding carboxylic acids is 3. The Balaban J connectivity index is 2.01. The van der Waals surface area contributed by atoms with Crippen molar-refractivity contribution >= 4 is 17.9 Å². The normalized spacial score (nSPS) is 39.5. The van der Waals surface area contributed by atoms with E-state index in [4.69, 9.17) is 14.2 Å². The summed E-state index contributed by atoms with van der Waals surface area (Å²) in [4.78, 5) is 36.2. The molecule has 0 radical (unpaired) electrons. The first kappa shape index (κ1) is 15.1. The maximum absolute atomic E-state index is 12.1. The fraction of sp³-hybridized carbons (Fsp3) is 0.688. The van der Waals surface area contributed by atoms with E-state index >= 15 is 0 Å². The van der Waals surface area contributed by atoms with Gasteiger partial charge in [0.2, 0.25) is 0 Å². The van der Waals surface area contributed by atoms with Gasteiger partial charge in [-0.3, -0.25) is 4.79 Å². The Morgan fingerprint density at radius 3 is 2.64 bits per heavy atom. The zero-order valence-electron chi connectivity index (χ0n) is 12.8. The summed E-state index contributed by atoms with van der Waals surface area (Å²) in [6.07, 6.45) is 0.263. The lowest BCUT2D eigenvalue weighted by atomic mass is 9.67. The molecule has 5 unspecified atom stereocenters. The first-order valence-corrected chi connectivity index (χ1v) is 7.67. The first-order valence-electron chi connectivity index (χ1n) is 7.67. The van der Waals surface area contributed by atoms with E-state index in [2.05, 4.69) is 6.58 Å². The third kappa shape index (κ3) is 2.12. The molecule has 4 bridgehead atoms. The minimum atomic E-state index is -0.898. The zero-order valence-corrected chi connectivity index (χ0v) is 12.8. The molecule has 0 aromatic heterocycles. The topological polar surface area (TPSA) is 78.9 Å². The molecular weight excluding hydrogens is 288 g/mol. The summed E-state index contributed by atoms with van der Waals surface area (Å²) in [6, 6.07) is 0. The van der Waals surface area contributed by atoms with Crippen LogP contribution in [0.15, 0.2) is 12.2 Å². The predicted octanol–water partition coefficient (Wildman–Crippen LogP) is 1.52. The Morgan fingerprint density at radius 2 is 2.00 bits per heavy atom. The maximum atomic E-state index is 12.1. The van der Waals surface area contributed by atoms with E-state index in [0.29, 0.717) is 31.3 Å². The molecule has 2 heterocycles. The van der Waals surface area contributed by atoms with Crippen LogP contribution >= 0.6 is 0 Å². The molecule has 6 nitrogen and oxygen atoms in total. The number of rotatable bonds is 3. The van der Waals surface area contributed by atoms with E-state index in [1.807, 2.05) is 6.92 Å². The van der Waals surface area contributed by atoms with Crippen LogP contribution in [0, 0.1) is 11.8 Å². The van der Waals surface area contributed by atoms with Crippen molar-refractivity contribution in [2.45, 2.75) is 57.3 Å².